The van der Waals surface area contributed by atoms with E-state index in [1.807, 2.05) is 6.07 Å². The van der Waals surface area contributed by atoms with Crippen LogP contribution in [0.2, 0.25) is 0 Å². The van der Waals surface area contributed by atoms with E-state index in [0.717, 1.165) is 0 Å². The van der Waals surface area contributed by atoms with Crippen molar-refractivity contribution in [2.45, 2.75) is 0 Å². The lowest BCUT2D eigenvalue weighted by Crippen LogP contribution is -2.12. The van der Waals surface area contributed by atoms with Crippen LogP contribution in [0, 0.1) is 11.3 Å². The molecule has 1 rings (SSSR count). The van der Waals surface area contributed by atoms with Gasteiger partial charge < -0.3 is 15.2 Å². The van der Waals surface area contributed by atoms with Crippen LogP contribution >= 0.6 is 0 Å². The second-order valence-corrected chi connectivity index (χ2v) is 2.77. The molecule has 0 saturated carbocycles. The van der Waals surface area contributed by atoms with Crippen LogP contribution in [0.5, 0.6) is 0 Å². The molecule has 2 N–H and O–H groups in total. The number of rotatable bonds is 6. The van der Waals surface area contributed by atoms with Crippen LogP contribution in [0.15, 0.2) is 18.3 Å². The van der Waals surface area contributed by atoms with Gasteiger partial charge in [-0.2, -0.15) is 5.26 Å². The summed E-state index contributed by atoms with van der Waals surface area (Å²) in [5, 5.41) is 20.2. The van der Waals surface area contributed by atoms with Crippen molar-refractivity contribution in [3.8, 4) is 6.07 Å². The number of aromatic nitrogens is 1. The molecule has 0 unspecified atom stereocenters. The number of aliphatic hydroxyl groups excluding tert-OH is 1. The molecule has 5 heteroatoms. The molecule has 1 aromatic heterocycles. The smallest absolute Gasteiger partial charge is 0.143 e. The SMILES string of the molecule is N#Cc1cccnc1NCCOCCO. The van der Waals surface area contributed by atoms with Gasteiger partial charge in [0, 0.05) is 12.7 Å². The zero-order chi connectivity index (χ0) is 10.9. The first-order valence-corrected chi connectivity index (χ1v) is 4.66. The van der Waals surface area contributed by atoms with E-state index in [0.29, 0.717) is 31.1 Å². The van der Waals surface area contributed by atoms with Crippen molar-refractivity contribution in [1.82, 2.24) is 4.98 Å². The van der Waals surface area contributed by atoms with Gasteiger partial charge in [-0.05, 0) is 12.1 Å². The molecule has 1 aromatic rings. The first kappa shape index (κ1) is 11.4. The summed E-state index contributed by atoms with van der Waals surface area (Å²) in [4.78, 5) is 4.03. The van der Waals surface area contributed by atoms with Crippen LogP contribution in [0.3, 0.4) is 0 Å². The van der Waals surface area contributed by atoms with E-state index in [4.69, 9.17) is 15.1 Å². The van der Waals surface area contributed by atoms with Gasteiger partial charge in [0.15, 0.2) is 0 Å². The molecule has 0 amide bonds. The van der Waals surface area contributed by atoms with Crippen molar-refractivity contribution in [2.24, 2.45) is 0 Å². The average Bonchev–Trinajstić information content (AvgIpc) is 2.29. The van der Waals surface area contributed by atoms with Crippen molar-refractivity contribution < 1.29 is 9.84 Å². The molecule has 0 spiro atoms. The summed E-state index contributed by atoms with van der Waals surface area (Å²) < 4.78 is 5.05. The molecule has 0 aliphatic carbocycles. The number of nitrogens with zero attached hydrogens (tertiary/aromatic N) is 2. The summed E-state index contributed by atoms with van der Waals surface area (Å²) in [6.45, 7) is 1.38. The van der Waals surface area contributed by atoms with Gasteiger partial charge in [0.1, 0.15) is 11.9 Å². The Labute approximate surface area is 88.3 Å². The van der Waals surface area contributed by atoms with Gasteiger partial charge in [-0.3, -0.25) is 0 Å². The van der Waals surface area contributed by atoms with E-state index in [9.17, 15) is 0 Å². The summed E-state index contributed by atoms with van der Waals surface area (Å²) in [6, 6.07) is 5.45. The number of hydrogen-bond donors (Lipinski definition) is 2. The van der Waals surface area contributed by atoms with Crippen LogP contribution in [-0.2, 0) is 4.74 Å². The first-order valence-electron chi connectivity index (χ1n) is 4.66. The number of pyridine rings is 1. The lowest BCUT2D eigenvalue weighted by molar-refractivity contribution is 0.0992. The number of anilines is 1. The monoisotopic (exact) mass is 207 g/mol. The van der Waals surface area contributed by atoms with Gasteiger partial charge in [0.25, 0.3) is 0 Å². The predicted octanol–water partition coefficient (Wildman–Crippen LogP) is 0.374. The van der Waals surface area contributed by atoms with Crippen LogP contribution in [0.25, 0.3) is 0 Å². The Hall–Kier alpha value is -1.64. The Kier molecular flexibility index (Phi) is 5.15. The van der Waals surface area contributed by atoms with Crippen molar-refractivity contribution >= 4 is 5.82 Å². The molecule has 0 atom stereocenters. The van der Waals surface area contributed by atoms with Gasteiger partial charge in [-0.1, -0.05) is 0 Å². The average molecular weight is 207 g/mol. The maximum Gasteiger partial charge on any atom is 0.143 e. The topological polar surface area (TPSA) is 78.2 Å². The van der Waals surface area contributed by atoms with Crippen LogP contribution in [0.4, 0.5) is 5.82 Å². The van der Waals surface area contributed by atoms with Gasteiger partial charge >= 0.3 is 0 Å². The van der Waals surface area contributed by atoms with E-state index in [1.165, 1.54) is 0 Å². The highest BCUT2D eigenvalue weighted by Crippen LogP contribution is 2.08. The van der Waals surface area contributed by atoms with E-state index in [1.54, 1.807) is 18.3 Å². The van der Waals surface area contributed by atoms with Crippen molar-refractivity contribution in [2.75, 3.05) is 31.7 Å². The molecule has 0 fully saturated rings. The standard InChI is InChI=1S/C10H13N3O2/c11-8-9-2-1-3-12-10(9)13-4-6-15-7-5-14/h1-3,14H,4-7H2,(H,12,13). The summed E-state index contributed by atoms with van der Waals surface area (Å²) >= 11 is 0. The summed E-state index contributed by atoms with van der Waals surface area (Å²) in [5.41, 5.74) is 0.514. The number of hydrogen-bond acceptors (Lipinski definition) is 5. The molecule has 0 radical (unpaired) electrons. The minimum atomic E-state index is 0.0209. The Balaban J connectivity index is 2.34. The highest BCUT2D eigenvalue weighted by Gasteiger charge is 2.00. The van der Waals surface area contributed by atoms with Crippen molar-refractivity contribution in [3.05, 3.63) is 23.9 Å². The lowest BCUT2D eigenvalue weighted by Gasteiger charge is -2.06. The molecular formula is C10H13N3O2. The zero-order valence-electron chi connectivity index (χ0n) is 8.31. The number of aliphatic hydroxyl groups is 1. The molecule has 0 aliphatic rings. The second kappa shape index (κ2) is 6.76. The van der Waals surface area contributed by atoms with Crippen LogP contribution < -0.4 is 5.32 Å². The highest BCUT2D eigenvalue weighted by atomic mass is 16.5. The van der Waals surface area contributed by atoms with Crippen LogP contribution in [-0.4, -0.2) is 36.5 Å². The fraction of sp³-hybridized carbons (Fsp3) is 0.400. The van der Waals surface area contributed by atoms with Crippen molar-refractivity contribution in [3.63, 3.8) is 0 Å². The zero-order valence-corrected chi connectivity index (χ0v) is 8.31. The Morgan fingerprint density at radius 1 is 1.53 bits per heavy atom. The third kappa shape index (κ3) is 3.94. The van der Waals surface area contributed by atoms with Gasteiger partial charge in [-0.25, -0.2) is 4.98 Å². The van der Waals surface area contributed by atoms with E-state index >= 15 is 0 Å². The minimum absolute atomic E-state index is 0.0209. The maximum atomic E-state index is 8.76. The quantitative estimate of drug-likeness (QED) is 0.659. The van der Waals surface area contributed by atoms with E-state index in [-0.39, 0.29) is 6.61 Å². The van der Waals surface area contributed by atoms with E-state index < -0.39 is 0 Å². The first-order chi connectivity index (χ1) is 7.38. The maximum absolute atomic E-state index is 8.76. The molecule has 1 heterocycles. The van der Waals surface area contributed by atoms with E-state index in [2.05, 4.69) is 10.3 Å². The molecule has 0 aromatic carbocycles. The number of nitriles is 1. The molecule has 0 saturated heterocycles. The van der Waals surface area contributed by atoms with Gasteiger partial charge in [-0.15, -0.1) is 0 Å². The Morgan fingerprint density at radius 2 is 2.40 bits per heavy atom. The van der Waals surface area contributed by atoms with Gasteiger partial charge in [0.2, 0.25) is 0 Å². The molecular weight excluding hydrogens is 194 g/mol. The Morgan fingerprint density at radius 3 is 3.13 bits per heavy atom. The molecule has 15 heavy (non-hydrogen) atoms. The third-order valence-electron chi connectivity index (χ3n) is 1.70. The van der Waals surface area contributed by atoms with Crippen molar-refractivity contribution in [1.29, 1.82) is 5.26 Å². The molecule has 0 bridgehead atoms. The largest absolute Gasteiger partial charge is 0.394 e. The Bertz CT molecular complexity index is 336. The second-order valence-electron chi connectivity index (χ2n) is 2.77. The fourth-order valence-electron chi connectivity index (χ4n) is 1.04. The minimum Gasteiger partial charge on any atom is -0.394 e. The molecule has 80 valence electrons. The predicted molar refractivity (Wildman–Crippen MR) is 55.3 cm³/mol. The van der Waals surface area contributed by atoms with Crippen LogP contribution in [0.1, 0.15) is 5.56 Å². The number of nitrogens with one attached hydrogen (secondary N) is 1. The summed E-state index contributed by atoms with van der Waals surface area (Å²) in [7, 11) is 0. The highest BCUT2D eigenvalue weighted by molar-refractivity contribution is 5.50. The fourth-order valence-corrected chi connectivity index (χ4v) is 1.04. The lowest BCUT2D eigenvalue weighted by atomic mass is 10.3. The summed E-state index contributed by atoms with van der Waals surface area (Å²) in [5.74, 6) is 0.563. The summed E-state index contributed by atoms with van der Waals surface area (Å²) in [6.07, 6.45) is 1.62. The normalized spacial score (nSPS) is 9.60. The van der Waals surface area contributed by atoms with Gasteiger partial charge in [0.05, 0.1) is 25.4 Å². The molecule has 0 aliphatic heterocycles. The number of ether oxygens (including phenoxy) is 1. The molecule has 5 nitrogen and oxygen atoms in total. The third-order valence-corrected chi connectivity index (χ3v) is 1.70.